The zero-order chi connectivity index (χ0) is 61.3. The number of benzene rings is 4. The number of nitro benzene ring substituents is 2. The van der Waals surface area contributed by atoms with Gasteiger partial charge in [0.1, 0.15) is 46.4 Å². The number of alkyl halides is 4. The molecule has 4 saturated carbocycles. The molecule has 26 heteroatoms. The summed E-state index contributed by atoms with van der Waals surface area (Å²) in [7, 11) is 3.50. The summed E-state index contributed by atoms with van der Waals surface area (Å²) < 4.78 is 100. The number of nitrogens with zero attached hydrogens (tertiary/aromatic N) is 4. The molecule has 0 unspecified atom stereocenters. The second-order valence-electron chi connectivity index (χ2n) is 21.5. The Morgan fingerprint density at radius 1 is 0.488 bits per heavy atom. The molecule has 4 aromatic carbocycles. The van der Waals surface area contributed by atoms with Crippen LogP contribution in [0.4, 0.5) is 28.9 Å². The van der Waals surface area contributed by atoms with Gasteiger partial charge in [-0.2, -0.15) is 17.6 Å². The Bertz CT molecular complexity index is 3210. The smallest absolute Gasteiger partial charge is 0.387 e. The van der Waals surface area contributed by atoms with E-state index in [1.807, 2.05) is 0 Å². The Balaban J connectivity index is 0.000000205. The molecule has 2 heterocycles. The number of halogens is 8. The molecule has 0 saturated heterocycles. The average Bonchev–Trinajstić information content (AvgIpc) is 2.98. The van der Waals surface area contributed by atoms with Crippen LogP contribution < -0.4 is 37.6 Å². The van der Waals surface area contributed by atoms with Crippen LogP contribution in [0.2, 0.25) is 20.1 Å². The highest BCUT2D eigenvalue weighted by Gasteiger charge is 2.32. The Hall–Kier alpha value is -7.40. The SMILES string of the molecule is C[n+]1cc(Cl)c(C[C@H](OC(=O)c2ccc([N+](=O)[O-])c(OCC3CC3)c2)c2ccc(OC(F)F)c(OCC3CC3)c2)c(Cl)c1.C[n+]1cc(Cl)c(C[C@H](OC(=O)c2ccc([N+](=O)[O-])c(OCC3CC3)c2)c2ccc(OC(F)F)c(OCC3CC3)c2)c(Cl)c1. The van der Waals surface area contributed by atoms with Gasteiger partial charge in [0.25, 0.3) is 0 Å². The van der Waals surface area contributed by atoms with Gasteiger partial charge in [0.15, 0.2) is 59.3 Å². The third kappa shape index (κ3) is 17.9. The Morgan fingerprint density at radius 2 is 0.802 bits per heavy atom. The van der Waals surface area contributed by atoms with E-state index in [1.54, 1.807) is 48.0 Å². The van der Waals surface area contributed by atoms with Crippen molar-refractivity contribution in [3.05, 3.63) is 171 Å². The van der Waals surface area contributed by atoms with Crippen LogP contribution in [0.15, 0.2) is 97.6 Å². The molecule has 6 aromatic rings. The van der Waals surface area contributed by atoms with Gasteiger partial charge in [0.2, 0.25) is 0 Å². The fraction of sp³-hybridized carbons (Fsp3) is 0.400. The fourth-order valence-corrected chi connectivity index (χ4v) is 10.2. The van der Waals surface area contributed by atoms with Crippen molar-refractivity contribution < 1.29 is 84.0 Å². The lowest BCUT2D eigenvalue weighted by atomic mass is 10.0. The first-order valence-corrected chi connectivity index (χ1v) is 29.0. The van der Waals surface area contributed by atoms with Crippen LogP contribution in [0.5, 0.6) is 34.5 Å². The number of nitro groups is 2. The summed E-state index contributed by atoms with van der Waals surface area (Å²) in [5, 5.41) is 24.4. The maximum atomic E-state index is 13.5. The molecule has 2 atom stereocenters. The zero-order valence-corrected chi connectivity index (χ0v) is 49.3. The zero-order valence-electron chi connectivity index (χ0n) is 46.3. The van der Waals surface area contributed by atoms with Gasteiger partial charge in [0.05, 0.1) is 47.4 Å². The van der Waals surface area contributed by atoms with Gasteiger partial charge in [0, 0.05) is 48.2 Å². The van der Waals surface area contributed by atoms with Crippen LogP contribution in [0, 0.1) is 43.9 Å². The highest BCUT2D eigenvalue weighted by atomic mass is 35.5. The molecule has 4 aliphatic carbocycles. The van der Waals surface area contributed by atoms with Gasteiger partial charge < -0.3 is 37.9 Å². The molecular formula is C60H58Cl4F4N4O14+2. The monoisotopic (exact) mass is 1270 g/mol. The number of hydrogen-bond acceptors (Lipinski definition) is 14. The van der Waals surface area contributed by atoms with E-state index >= 15 is 0 Å². The van der Waals surface area contributed by atoms with Crippen LogP contribution in [-0.4, -0.2) is 61.4 Å². The van der Waals surface area contributed by atoms with Crippen molar-refractivity contribution in [2.24, 2.45) is 37.8 Å². The number of pyridine rings is 2. The Morgan fingerprint density at radius 3 is 1.09 bits per heavy atom. The summed E-state index contributed by atoms with van der Waals surface area (Å²) in [6, 6.07) is 16.1. The second kappa shape index (κ2) is 28.4. The van der Waals surface area contributed by atoms with Crippen LogP contribution in [0.25, 0.3) is 0 Å². The van der Waals surface area contributed by atoms with Gasteiger partial charge in [-0.1, -0.05) is 58.5 Å². The third-order valence-corrected chi connectivity index (χ3v) is 15.6. The van der Waals surface area contributed by atoms with Crippen LogP contribution in [0.3, 0.4) is 0 Å². The standard InChI is InChI=1S/2C30H29Cl2F2N2O7/c2*1-35-13-22(31)21(23(32)14-35)12-26(19-7-9-25(43-30(33)34)28(10-19)41-16-18-4-5-18)42-29(37)20-6-8-24(36(38)39)27(11-20)40-15-17-2-3-17/h2*6-11,13-14,17-18,26,30H,2-5,12,15-16H2,1H3/q2*+1/t2*26-/m00/s1. The lowest BCUT2D eigenvalue weighted by Crippen LogP contribution is -2.27. The molecule has 456 valence electrons. The predicted molar refractivity (Wildman–Crippen MR) is 304 cm³/mol. The van der Waals surface area contributed by atoms with E-state index in [4.69, 9.17) is 74.8 Å². The van der Waals surface area contributed by atoms with Gasteiger partial charge in [-0.15, -0.1) is 0 Å². The van der Waals surface area contributed by atoms with Crippen molar-refractivity contribution in [2.75, 3.05) is 26.4 Å². The minimum absolute atomic E-state index is 0.0272. The van der Waals surface area contributed by atoms with E-state index in [-0.39, 0.29) is 69.8 Å². The normalized spacial score (nSPS) is 15.2. The molecule has 0 amide bonds. The minimum atomic E-state index is -3.07. The molecule has 0 aliphatic heterocycles. The van der Waals surface area contributed by atoms with Gasteiger partial charge >= 0.3 is 36.5 Å². The number of aromatic nitrogens is 2. The number of esters is 2. The minimum Gasteiger partial charge on any atom is -0.489 e. The van der Waals surface area contributed by atoms with Crippen molar-refractivity contribution in [3.63, 3.8) is 0 Å². The van der Waals surface area contributed by atoms with Crippen LogP contribution in [-0.2, 0) is 36.4 Å². The number of ether oxygens (including phenoxy) is 8. The molecule has 4 aliphatic rings. The number of carbonyl (C=O) groups is 2. The molecule has 86 heavy (non-hydrogen) atoms. The topological polar surface area (TPSA) is 202 Å². The van der Waals surface area contributed by atoms with Crippen LogP contribution in [0.1, 0.15) is 107 Å². The van der Waals surface area contributed by atoms with Crippen molar-refractivity contribution >= 4 is 69.7 Å². The first-order valence-electron chi connectivity index (χ1n) is 27.5. The number of carbonyl (C=O) groups excluding carboxylic acids is 2. The van der Waals surface area contributed by atoms with E-state index in [0.29, 0.717) is 92.4 Å². The molecule has 0 radical (unpaired) electrons. The third-order valence-electron chi connectivity index (χ3n) is 14.3. The first kappa shape index (κ1) is 63.1. The average molecular weight is 1280 g/mol. The largest absolute Gasteiger partial charge is 0.489 e. The lowest BCUT2D eigenvalue weighted by Gasteiger charge is -2.21. The van der Waals surface area contributed by atoms with Crippen LogP contribution >= 0.6 is 46.4 Å². The van der Waals surface area contributed by atoms with Crippen molar-refractivity contribution in [3.8, 4) is 34.5 Å². The van der Waals surface area contributed by atoms with Gasteiger partial charge in [-0.25, -0.2) is 18.7 Å². The molecule has 0 N–H and O–H groups in total. The Labute approximate surface area is 510 Å². The molecule has 0 spiro atoms. The maximum Gasteiger partial charge on any atom is 0.387 e. The molecule has 4 fully saturated rings. The van der Waals surface area contributed by atoms with E-state index in [9.17, 15) is 47.4 Å². The fourth-order valence-electron chi connectivity index (χ4n) is 8.79. The Kier molecular flexibility index (Phi) is 20.8. The molecule has 2 aromatic heterocycles. The molecular weight excluding hydrogens is 1220 g/mol. The lowest BCUT2D eigenvalue weighted by molar-refractivity contribution is -0.671. The number of hydrogen-bond donors (Lipinski definition) is 0. The van der Waals surface area contributed by atoms with E-state index < -0.39 is 47.2 Å². The number of rotatable bonds is 28. The number of aryl methyl sites for hydroxylation is 2. The molecule has 18 nitrogen and oxygen atoms in total. The highest BCUT2D eigenvalue weighted by molar-refractivity contribution is 6.36. The maximum absolute atomic E-state index is 13.5. The van der Waals surface area contributed by atoms with Gasteiger partial charge in [-0.05, 0) is 123 Å². The summed E-state index contributed by atoms with van der Waals surface area (Å²) in [4.78, 5) is 48.9. The van der Waals surface area contributed by atoms with E-state index in [2.05, 4.69) is 9.47 Å². The second-order valence-corrected chi connectivity index (χ2v) is 23.1. The first-order chi connectivity index (χ1) is 41.1. The van der Waals surface area contributed by atoms with Gasteiger partial charge in [-0.3, -0.25) is 20.2 Å². The quantitative estimate of drug-likeness (QED) is 0.0148. The summed E-state index contributed by atoms with van der Waals surface area (Å²) in [6.07, 6.45) is 12.5. The van der Waals surface area contributed by atoms with Crippen molar-refractivity contribution in [1.82, 2.24) is 0 Å². The summed E-state index contributed by atoms with van der Waals surface area (Å²) >= 11 is 26.0. The van der Waals surface area contributed by atoms with E-state index in [0.717, 1.165) is 51.4 Å². The van der Waals surface area contributed by atoms with Crippen molar-refractivity contribution in [2.45, 2.75) is 89.6 Å². The summed E-state index contributed by atoms with van der Waals surface area (Å²) in [5.74, 6) is -0.484. The molecule has 0 bridgehead atoms. The van der Waals surface area contributed by atoms with Crippen molar-refractivity contribution in [1.29, 1.82) is 0 Å². The van der Waals surface area contributed by atoms with E-state index in [1.165, 1.54) is 72.8 Å². The summed E-state index contributed by atoms with van der Waals surface area (Å²) in [5.41, 5.74) is 1.32. The summed E-state index contributed by atoms with van der Waals surface area (Å²) in [6.45, 7) is -4.87. The predicted octanol–water partition coefficient (Wildman–Crippen LogP) is 14.1. The molecule has 10 rings (SSSR count). The highest BCUT2D eigenvalue weighted by Crippen LogP contribution is 2.42.